The molecule has 0 spiro atoms. The first-order valence-electron chi connectivity index (χ1n) is 6.28. The van der Waals surface area contributed by atoms with Gasteiger partial charge in [0.2, 0.25) is 0 Å². The molecule has 0 bridgehead atoms. The first-order chi connectivity index (χ1) is 9.90. The Morgan fingerprint density at radius 1 is 1.00 bits per heavy atom. The van der Waals surface area contributed by atoms with E-state index >= 15 is 0 Å². The van der Waals surface area contributed by atoms with Gasteiger partial charge < -0.3 is 15.1 Å². The SMILES string of the molecule is CN(C)C(=O)c1cccc(-c2ccc(C(=O)O)cc2O)c1. The topological polar surface area (TPSA) is 77.8 Å². The van der Waals surface area contributed by atoms with Gasteiger partial charge in [-0.2, -0.15) is 0 Å². The summed E-state index contributed by atoms with van der Waals surface area (Å²) in [5.74, 6) is -1.38. The van der Waals surface area contributed by atoms with E-state index < -0.39 is 5.97 Å². The number of hydrogen-bond donors (Lipinski definition) is 2. The Labute approximate surface area is 122 Å². The minimum atomic E-state index is -1.10. The van der Waals surface area contributed by atoms with Gasteiger partial charge in [-0.05, 0) is 35.9 Å². The van der Waals surface area contributed by atoms with Crippen LogP contribution >= 0.6 is 0 Å². The van der Waals surface area contributed by atoms with Crippen LogP contribution in [0.2, 0.25) is 0 Å². The summed E-state index contributed by atoms with van der Waals surface area (Å²) in [6, 6.07) is 11.0. The summed E-state index contributed by atoms with van der Waals surface area (Å²) < 4.78 is 0. The number of carboxylic acid groups (broad SMARTS) is 1. The molecule has 108 valence electrons. The highest BCUT2D eigenvalue weighted by molar-refractivity contribution is 5.95. The molecular weight excluding hydrogens is 270 g/mol. The maximum Gasteiger partial charge on any atom is 0.335 e. The molecule has 21 heavy (non-hydrogen) atoms. The van der Waals surface area contributed by atoms with Crippen LogP contribution in [0.4, 0.5) is 0 Å². The molecule has 0 fully saturated rings. The van der Waals surface area contributed by atoms with E-state index in [0.29, 0.717) is 16.7 Å². The number of carboxylic acids is 1. The summed E-state index contributed by atoms with van der Waals surface area (Å²) in [6.07, 6.45) is 0. The molecular formula is C16H15NO4. The van der Waals surface area contributed by atoms with E-state index in [4.69, 9.17) is 5.11 Å². The summed E-state index contributed by atoms with van der Waals surface area (Å²) in [5, 5.41) is 18.9. The van der Waals surface area contributed by atoms with Crippen LogP contribution in [0.3, 0.4) is 0 Å². The van der Waals surface area contributed by atoms with E-state index in [1.807, 2.05) is 0 Å². The number of benzene rings is 2. The van der Waals surface area contributed by atoms with Crippen LogP contribution in [0.1, 0.15) is 20.7 Å². The third kappa shape index (κ3) is 3.02. The third-order valence-corrected chi connectivity index (χ3v) is 3.07. The summed E-state index contributed by atoms with van der Waals surface area (Å²) >= 11 is 0. The molecule has 1 amide bonds. The number of aromatic hydroxyl groups is 1. The van der Waals surface area contributed by atoms with Gasteiger partial charge in [-0.3, -0.25) is 4.79 Å². The average molecular weight is 285 g/mol. The second-order valence-electron chi connectivity index (χ2n) is 4.82. The smallest absolute Gasteiger partial charge is 0.335 e. The molecule has 5 nitrogen and oxygen atoms in total. The normalized spacial score (nSPS) is 10.2. The molecule has 0 aliphatic carbocycles. The van der Waals surface area contributed by atoms with Crippen molar-refractivity contribution in [1.29, 1.82) is 0 Å². The molecule has 0 radical (unpaired) electrons. The minimum Gasteiger partial charge on any atom is -0.507 e. The number of phenols is 1. The van der Waals surface area contributed by atoms with Gasteiger partial charge in [-0.25, -0.2) is 4.79 Å². The molecule has 2 rings (SSSR count). The highest BCUT2D eigenvalue weighted by Crippen LogP contribution is 2.30. The molecule has 0 saturated heterocycles. The summed E-state index contributed by atoms with van der Waals surface area (Å²) in [6.45, 7) is 0. The molecule has 0 unspecified atom stereocenters. The van der Waals surface area contributed by atoms with Crippen molar-refractivity contribution >= 4 is 11.9 Å². The number of hydrogen-bond acceptors (Lipinski definition) is 3. The monoisotopic (exact) mass is 285 g/mol. The van der Waals surface area contributed by atoms with E-state index in [9.17, 15) is 14.7 Å². The van der Waals surface area contributed by atoms with Crippen LogP contribution in [-0.2, 0) is 0 Å². The molecule has 2 N–H and O–H groups in total. The van der Waals surface area contributed by atoms with Gasteiger partial charge in [0.1, 0.15) is 5.75 Å². The lowest BCUT2D eigenvalue weighted by Crippen LogP contribution is -2.21. The molecule has 0 saturated carbocycles. The van der Waals surface area contributed by atoms with Gasteiger partial charge in [-0.15, -0.1) is 0 Å². The lowest BCUT2D eigenvalue weighted by atomic mass is 10.0. The van der Waals surface area contributed by atoms with Crippen LogP contribution in [0.5, 0.6) is 5.75 Å². The fraction of sp³-hybridized carbons (Fsp3) is 0.125. The number of carbonyl (C=O) groups excluding carboxylic acids is 1. The summed E-state index contributed by atoms with van der Waals surface area (Å²) in [4.78, 5) is 24.3. The maximum atomic E-state index is 11.9. The lowest BCUT2D eigenvalue weighted by Gasteiger charge is -2.12. The quantitative estimate of drug-likeness (QED) is 0.908. The Morgan fingerprint density at radius 2 is 1.71 bits per heavy atom. The van der Waals surface area contributed by atoms with E-state index in [0.717, 1.165) is 0 Å². The number of phenolic OH excluding ortho intramolecular Hbond substituents is 1. The molecule has 0 aliphatic rings. The first kappa shape index (κ1) is 14.6. The van der Waals surface area contributed by atoms with Crippen LogP contribution < -0.4 is 0 Å². The Balaban J connectivity index is 2.45. The van der Waals surface area contributed by atoms with E-state index in [1.54, 1.807) is 38.4 Å². The van der Waals surface area contributed by atoms with Gasteiger partial charge in [0, 0.05) is 25.2 Å². The highest BCUT2D eigenvalue weighted by atomic mass is 16.4. The predicted octanol–water partition coefficient (Wildman–Crippen LogP) is 2.46. The zero-order valence-corrected chi connectivity index (χ0v) is 11.7. The number of nitrogens with zero attached hydrogens (tertiary/aromatic N) is 1. The van der Waals surface area contributed by atoms with Gasteiger partial charge in [0.05, 0.1) is 5.56 Å². The molecule has 0 aliphatic heterocycles. The minimum absolute atomic E-state index is 0.0109. The maximum absolute atomic E-state index is 11.9. The van der Waals surface area contributed by atoms with Gasteiger partial charge >= 0.3 is 5.97 Å². The molecule has 0 atom stereocenters. The number of rotatable bonds is 3. The van der Waals surface area contributed by atoms with Crippen LogP contribution in [0, 0.1) is 0 Å². The average Bonchev–Trinajstić information content (AvgIpc) is 2.46. The molecule has 2 aromatic carbocycles. The number of amides is 1. The van der Waals surface area contributed by atoms with Crippen molar-refractivity contribution in [1.82, 2.24) is 4.90 Å². The molecule has 0 aromatic heterocycles. The van der Waals surface area contributed by atoms with Gasteiger partial charge in [0.25, 0.3) is 5.91 Å². The highest BCUT2D eigenvalue weighted by Gasteiger charge is 2.12. The zero-order valence-electron chi connectivity index (χ0n) is 11.7. The molecule has 5 heteroatoms. The van der Waals surface area contributed by atoms with Gasteiger partial charge in [0.15, 0.2) is 0 Å². The second kappa shape index (κ2) is 5.66. The predicted molar refractivity (Wildman–Crippen MR) is 78.5 cm³/mol. The summed E-state index contributed by atoms with van der Waals surface area (Å²) in [7, 11) is 3.32. The fourth-order valence-corrected chi connectivity index (χ4v) is 1.99. The lowest BCUT2D eigenvalue weighted by molar-refractivity contribution is 0.0696. The van der Waals surface area contributed by atoms with Crippen LogP contribution in [-0.4, -0.2) is 41.1 Å². The Kier molecular flexibility index (Phi) is 3.93. The van der Waals surface area contributed by atoms with Crippen molar-refractivity contribution in [2.24, 2.45) is 0 Å². The second-order valence-corrected chi connectivity index (χ2v) is 4.82. The Morgan fingerprint density at radius 3 is 2.29 bits per heavy atom. The first-order valence-corrected chi connectivity index (χ1v) is 6.28. The molecule has 0 heterocycles. The van der Waals surface area contributed by atoms with Crippen molar-refractivity contribution in [3.05, 3.63) is 53.6 Å². The largest absolute Gasteiger partial charge is 0.507 e. The molecule has 2 aromatic rings. The van der Waals surface area contributed by atoms with Crippen molar-refractivity contribution in [3.63, 3.8) is 0 Å². The third-order valence-electron chi connectivity index (χ3n) is 3.07. The zero-order chi connectivity index (χ0) is 15.6. The van der Waals surface area contributed by atoms with Crippen molar-refractivity contribution in [2.75, 3.05) is 14.1 Å². The Hall–Kier alpha value is -2.82. The standard InChI is InChI=1S/C16H15NO4/c1-17(2)15(19)11-5-3-4-10(8-11)13-7-6-12(16(20)21)9-14(13)18/h3-9,18H,1-2H3,(H,20,21). The van der Waals surface area contributed by atoms with Crippen LogP contribution in [0.25, 0.3) is 11.1 Å². The summed E-state index contributed by atoms with van der Waals surface area (Å²) in [5.41, 5.74) is 1.64. The number of aromatic carboxylic acids is 1. The fourth-order valence-electron chi connectivity index (χ4n) is 1.99. The van der Waals surface area contributed by atoms with Crippen molar-refractivity contribution in [3.8, 4) is 16.9 Å². The van der Waals surface area contributed by atoms with E-state index in [-0.39, 0.29) is 17.2 Å². The van der Waals surface area contributed by atoms with Gasteiger partial charge in [-0.1, -0.05) is 12.1 Å². The van der Waals surface area contributed by atoms with E-state index in [1.165, 1.54) is 23.1 Å². The number of carbonyl (C=O) groups is 2. The Bertz CT molecular complexity index is 707. The van der Waals surface area contributed by atoms with E-state index in [2.05, 4.69) is 0 Å². The van der Waals surface area contributed by atoms with Crippen molar-refractivity contribution < 1.29 is 19.8 Å². The van der Waals surface area contributed by atoms with Crippen LogP contribution in [0.15, 0.2) is 42.5 Å². The van der Waals surface area contributed by atoms with Crippen molar-refractivity contribution in [2.45, 2.75) is 0 Å².